The molecule has 2 N–H and O–H groups in total. The SMILES string of the molecule is COC(=O)c1csc(NC(=O)[C@H](Cc2cccs2)N2C(=O)N[C@H](C3=COC=C(C4=CC=CCC4)O3)C2=O)n1. The predicted octanol–water partition coefficient (Wildman–Crippen LogP) is 3.47. The second-order valence-corrected chi connectivity index (χ2v) is 10.2. The minimum Gasteiger partial charge on any atom is -0.465 e. The molecule has 2 aromatic rings. The monoisotopic (exact) mass is 554 g/mol. The third-order valence-electron chi connectivity index (χ3n) is 5.89. The lowest BCUT2D eigenvalue weighted by atomic mass is 10.0. The molecule has 1 fully saturated rings. The Balaban J connectivity index is 1.35. The number of thiophene rings is 1. The zero-order chi connectivity index (χ0) is 26.6. The maximum atomic E-state index is 13.5. The molecule has 3 aliphatic rings. The molecular formula is C25H22N4O7S2. The molecule has 0 aromatic carbocycles. The topological polar surface area (TPSA) is 136 Å². The molecule has 4 heterocycles. The van der Waals surface area contributed by atoms with Crippen molar-refractivity contribution in [1.82, 2.24) is 15.2 Å². The molecule has 0 radical (unpaired) electrons. The number of carbonyl (C=O) groups is 4. The summed E-state index contributed by atoms with van der Waals surface area (Å²) in [5, 5.41) is 8.63. The Kier molecular flexibility index (Phi) is 7.38. The normalized spacial score (nSPS) is 19.4. The van der Waals surface area contributed by atoms with E-state index in [-0.39, 0.29) is 23.0 Å². The van der Waals surface area contributed by atoms with Crippen molar-refractivity contribution in [3.05, 3.63) is 81.3 Å². The average molecular weight is 555 g/mol. The molecule has 0 saturated carbocycles. The third-order valence-corrected chi connectivity index (χ3v) is 7.55. The first-order valence-electron chi connectivity index (χ1n) is 11.5. The zero-order valence-electron chi connectivity index (χ0n) is 20.0. The van der Waals surface area contributed by atoms with E-state index < -0.39 is 35.9 Å². The Bertz CT molecular complexity index is 1390. The Hall–Kier alpha value is -4.23. The van der Waals surface area contributed by atoms with Gasteiger partial charge in [-0.25, -0.2) is 19.5 Å². The summed E-state index contributed by atoms with van der Waals surface area (Å²) in [6.45, 7) is 0. The minimum atomic E-state index is -1.19. The molecule has 38 heavy (non-hydrogen) atoms. The molecule has 2 atom stereocenters. The van der Waals surface area contributed by atoms with Crippen LogP contribution in [0.4, 0.5) is 9.93 Å². The van der Waals surface area contributed by atoms with Crippen LogP contribution in [-0.2, 0) is 30.2 Å². The number of imide groups is 1. The Morgan fingerprint density at radius 1 is 1.32 bits per heavy atom. The van der Waals surface area contributed by atoms with Gasteiger partial charge in [0.2, 0.25) is 5.91 Å². The first-order valence-corrected chi connectivity index (χ1v) is 13.3. The summed E-state index contributed by atoms with van der Waals surface area (Å²) >= 11 is 2.41. The quantitative estimate of drug-likeness (QED) is 0.374. The summed E-state index contributed by atoms with van der Waals surface area (Å²) in [6, 6.07) is 0.516. The van der Waals surface area contributed by atoms with Crippen molar-refractivity contribution in [2.24, 2.45) is 0 Å². The number of thiazole rings is 1. The molecule has 0 spiro atoms. The van der Waals surface area contributed by atoms with Crippen LogP contribution in [0, 0.1) is 0 Å². The number of anilines is 1. The summed E-state index contributed by atoms with van der Waals surface area (Å²) < 4.78 is 16.0. The van der Waals surface area contributed by atoms with Crippen LogP contribution >= 0.6 is 22.7 Å². The van der Waals surface area contributed by atoms with E-state index in [0.717, 1.165) is 39.5 Å². The van der Waals surface area contributed by atoms with Crippen LogP contribution in [0.1, 0.15) is 28.2 Å². The Labute approximate surface area is 225 Å². The first-order chi connectivity index (χ1) is 18.4. The van der Waals surface area contributed by atoms with Gasteiger partial charge in [0, 0.05) is 16.7 Å². The van der Waals surface area contributed by atoms with Gasteiger partial charge in [0.25, 0.3) is 5.91 Å². The lowest BCUT2D eigenvalue weighted by Crippen LogP contribution is -2.49. The molecule has 5 rings (SSSR count). The number of nitrogens with one attached hydrogen (secondary N) is 2. The second-order valence-electron chi connectivity index (χ2n) is 8.31. The number of amides is 4. The molecular weight excluding hydrogens is 532 g/mol. The lowest BCUT2D eigenvalue weighted by Gasteiger charge is -2.24. The summed E-state index contributed by atoms with van der Waals surface area (Å²) in [6.07, 6.45) is 10.2. The van der Waals surface area contributed by atoms with Gasteiger partial charge < -0.3 is 24.8 Å². The van der Waals surface area contributed by atoms with E-state index in [1.165, 1.54) is 36.4 Å². The number of carbonyl (C=O) groups excluding carboxylic acids is 4. The van der Waals surface area contributed by atoms with Gasteiger partial charge in [-0.15, -0.1) is 22.7 Å². The van der Waals surface area contributed by atoms with Gasteiger partial charge in [0.05, 0.1) is 7.11 Å². The van der Waals surface area contributed by atoms with Crippen LogP contribution in [0.15, 0.2) is 70.7 Å². The van der Waals surface area contributed by atoms with Crippen LogP contribution in [-0.4, -0.2) is 52.9 Å². The van der Waals surface area contributed by atoms with Crippen molar-refractivity contribution in [3.63, 3.8) is 0 Å². The highest BCUT2D eigenvalue weighted by Gasteiger charge is 2.48. The van der Waals surface area contributed by atoms with E-state index in [9.17, 15) is 19.2 Å². The van der Waals surface area contributed by atoms with Crippen molar-refractivity contribution in [2.45, 2.75) is 31.3 Å². The van der Waals surface area contributed by atoms with Crippen molar-refractivity contribution in [3.8, 4) is 0 Å². The maximum absolute atomic E-state index is 13.5. The smallest absolute Gasteiger partial charge is 0.357 e. The number of allylic oxidation sites excluding steroid dienone is 4. The van der Waals surface area contributed by atoms with Crippen molar-refractivity contribution in [2.75, 3.05) is 12.4 Å². The van der Waals surface area contributed by atoms with Gasteiger partial charge in [-0.1, -0.05) is 24.3 Å². The van der Waals surface area contributed by atoms with Gasteiger partial charge in [-0.3, -0.25) is 9.59 Å². The number of nitrogens with zero attached hydrogens (tertiary/aromatic N) is 2. The highest BCUT2D eigenvalue weighted by atomic mass is 32.1. The fraction of sp³-hybridized carbons (Fsp3) is 0.240. The summed E-state index contributed by atoms with van der Waals surface area (Å²) in [5.41, 5.74) is 0.933. The number of esters is 1. The first kappa shape index (κ1) is 25.4. The van der Waals surface area contributed by atoms with Crippen molar-refractivity contribution >= 4 is 51.6 Å². The van der Waals surface area contributed by atoms with Gasteiger partial charge in [0.15, 0.2) is 28.4 Å². The van der Waals surface area contributed by atoms with Crippen LogP contribution in [0.3, 0.4) is 0 Å². The van der Waals surface area contributed by atoms with Gasteiger partial charge >= 0.3 is 12.0 Å². The molecule has 2 aromatic heterocycles. The molecule has 0 bridgehead atoms. The molecule has 13 heteroatoms. The van der Waals surface area contributed by atoms with Crippen LogP contribution in [0.5, 0.6) is 0 Å². The van der Waals surface area contributed by atoms with Gasteiger partial charge in [-0.05, 0) is 29.9 Å². The number of hydrogen-bond donors (Lipinski definition) is 2. The zero-order valence-corrected chi connectivity index (χ0v) is 21.7. The van der Waals surface area contributed by atoms with Crippen LogP contribution < -0.4 is 10.6 Å². The minimum absolute atomic E-state index is 0.0338. The average Bonchev–Trinajstić information content (AvgIpc) is 3.69. The lowest BCUT2D eigenvalue weighted by molar-refractivity contribution is -0.133. The molecule has 0 unspecified atom stereocenters. The van der Waals surface area contributed by atoms with E-state index in [1.807, 2.05) is 35.7 Å². The van der Waals surface area contributed by atoms with E-state index in [2.05, 4.69) is 20.4 Å². The highest BCUT2D eigenvalue weighted by Crippen LogP contribution is 2.30. The van der Waals surface area contributed by atoms with E-state index in [4.69, 9.17) is 9.47 Å². The molecule has 1 saturated heterocycles. The standard InChI is InChI=1S/C25H22N4O7S2/c1-34-23(32)16-13-38-24(26-16)28-21(30)17(10-15-8-5-9-37-15)29-22(31)20(27-25(29)33)19-12-35-11-18(36-19)14-6-3-2-4-7-14/h2-3,5-6,8-9,11-13,17,20H,4,7,10H2,1H3,(H,27,33)(H,26,28,30)/t17-,20+/m0/s1. The third kappa shape index (κ3) is 5.24. The van der Waals surface area contributed by atoms with Crippen LogP contribution in [0.25, 0.3) is 0 Å². The maximum Gasteiger partial charge on any atom is 0.357 e. The number of urea groups is 1. The molecule has 1 aliphatic carbocycles. The van der Waals surface area contributed by atoms with Crippen molar-refractivity contribution < 1.29 is 33.4 Å². The molecule has 11 nitrogen and oxygen atoms in total. The number of rotatable bonds is 8. The van der Waals surface area contributed by atoms with E-state index >= 15 is 0 Å². The number of aromatic nitrogens is 1. The molecule has 4 amide bonds. The summed E-state index contributed by atoms with van der Waals surface area (Å²) in [7, 11) is 1.23. The summed E-state index contributed by atoms with van der Waals surface area (Å²) in [5.74, 6) is -1.38. The van der Waals surface area contributed by atoms with E-state index in [0.29, 0.717) is 5.76 Å². The van der Waals surface area contributed by atoms with E-state index in [1.54, 1.807) is 0 Å². The Morgan fingerprint density at radius 2 is 2.18 bits per heavy atom. The van der Waals surface area contributed by atoms with Crippen molar-refractivity contribution in [1.29, 1.82) is 0 Å². The number of hydrogen-bond acceptors (Lipinski definition) is 10. The number of methoxy groups -OCH3 is 1. The fourth-order valence-electron chi connectivity index (χ4n) is 4.03. The summed E-state index contributed by atoms with van der Waals surface area (Å²) in [4.78, 5) is 57.4. The van der Waals surface area contributed by atoms with Crippen LogP contribution in [0.2, 0.25) is 0 Å². The predicted molar refractivity (Wildman–Crippen MR) is 138 cm³/mol. The molecule has 2 aliphatic heterocycles. The van der Waals surface area contributed by atoms with Gasteiger partial charge in [0.1, 0.15) is 18.6 Å². The molecule has 196 valence electrons. The van der Waals surface area contributed by atoms with Gasteiger partial charge in [-0.2, -0.15) is 0 Å². The largest absolute Gasteiger partial charge is 0.465 e. The Morgan fingerprint density at radius 3 is 2.92 bits per heavy atom. The number of ether oxygens (including phenoxy) is 3. The fourth-order valence-corrected chi connectivity index (χ4v) is 5.46. The highest BCUT2D eigenvalue weighted by molar-refractivity contribution is 7.14. The second kappa shape index (κ2) is 11.0.